The first-order chi connectivity index (χ1) is 7.25. The summed E-state index contributed by atoms with van der Waals surface area (Å²) in [5.74, 6) is 0.835. The Morgan fingerprint density at radius 2 is 2.33 bits per heavy atom. The summed E-state index contributed by atoms with van der Waals surface area (Å²) in [4.78, 5) is 10.5. The summed E-state index contributed by atoms with van der Waals surface area (Å²) in [6.07, 6.45) is -0.858. The number of carbonyl (C=O) groups is 1. The lowest BCUT2D eigenvalue weighted by Gasteiger charge is -2.01. The van der Waals surface area contributed by atoms with Crippen LogP contribution >= 0.6 is 0 Å². The van der Waals surface area contributed by atoms with Gasteiger partial charge in [0.15, 0.2) is 5.82 Å². The van der Waals surface area contributed by atoms with Gasteiger partial charge in [-0.3, -0.25) is 0 Å². The van der Waals surface area contributed by atoms with Crippen LogP contribution in [-0.2, 0) is 0 Å². The average Bonchev–Trinajstić information content (AvgIpc) is 2.69. The second-order valence-corrected chi connectivity index (χ2v) is 2.70. The molecule has 2 rings (SSSR count). The Morgan fingerprint density at radius 1 is 1.47 bits per heavy atom. The van der Waals surface area contributed by atoms with E-state index >= 15 is 0 Å². The zero-order valence-electron chi connectivity index (χ0n) is 7.54. The molecule has 0 radical (unpaired) electrons. The van der Waals surface area contributed by atoms with Gasteiger partial charge in [-0.2, -0.15) is 0 Å². The summed E-state index contributed by atoms with van der Waals surface area (Å²) in [7, 11) is 0. The smallest absolute Gasteiger partial charge is 0.409 e. The largest absolute Gasteiger partial charge is 0.410 e. The van der Waals surface area contributed by atoms with Crippen LogP contribution in [0.15, 0.2) is 24.3 Å². The van der Waals surface area contributed by atoms with E-state index in [2.05, 4.69) is 20.6 Å². The molecule has 76 valence electrons. The highest BCUT2D eigenvalue weighted by atomic mass is 16.5. The summed E-state index contributed by atoms with van der Waals surface area (Å²) in [5.41, 5.74) is 5.59. The van der Waals surface area contributed by atoms with Crippen molar-refractivity contribution in [2.45, 2.75) is 0 Å². The molecule has 0 spiro atoms. The SMILES string of the molecule is NC(=O)Oc1cccc(-c2nnn[nH]2)c1. The first-order valence-electron chi connectivity index (χ1n) is 4.07. The van der Waals surface area contributed by atoms with Crippen LogP contribution in [0.3, 0.4) is 0 Å². The predicted molar refractivity (Wildman–Crippen MR) is 49.8 cm³/mol. The molecule has 7 nitrogen and oxygen atoms in total. The minimum absolute atomic E-state index is 0.344. The van der Waals surface area contributed by atoms with Gasteiger partial charge in [0, 0.05) is 5.56 Å². The van der Waals surface area contributed by atoms with Crippen molar-refractivity contribution in [2.75, 3.05) is 0 Å². The first-order valence-corrected chi connectivity index (χ1v) is 4.07. The molecule has 1 amide bonds. The molecule has 0 aliphatic heterocycles. The Bertz CT molecular complexity index is 468. The third kappa shape index (κ3) is 2.08. The second-order valence-electron chi connectivity index (χ2n) is 2.70. The number of benzene rings is 1. The van der Waals surface area contributed by atoms with E-state index in [1.165, 1.54) is 0 Å². The molecule has 0 aliphatic rings. The second kappa shape index (κ2) is 3.74. The molecule has 0 saturated carbocycles. The van der Waals surface area contributed by atoms with Gasteiger partial charge < -0.3 is 10.5 Å². The fraction of sp³-hybridized carbons (Fsp3) is 0. The van der Waals surface area contributed by atoms with E-state index in [1.54, 1.807) is 24.3 Å². The zero-order chi connectivity index (χ0) is 10.7. The van der Waals surface area contributed by atoms with E-state index in [-0.39, 0.29) is 0 Å². The minimum atomic E-state index is -0.858. The molecule has 0 saturated heterocycles. The zero-order valence-corrected chi connectivity index (χ0v) is 7.54. The topological polar surface area (TPSA) is 107 Å². The van der Waals surface area contributed by atoms with Crippen molar-refractivity contribution in [3.63, 3.8) is 0 Å². The van der Waals surface area contributed by atoms with E-state index in [1.807, 2.05) is 0 Å². The number of hydrogen-bond acceptors (Lipinski definition) is 5. The molecular weight excluding hydrogens is 198 g/mol. The Balaban J connectivity index is 2.31. The highest BCUT2D eigenvalue weighted by Gasteiger charge is 2.04. The normalized spacial score (nSPS) is 9.87. The summed E-state index contributed by atoms with van der Waals surface area (Å²) in [6, 6.07) is 6.69. The summed E-state index contributed by atoms with van der Waals surface area (Å²) in [5, 5.41) is 13.2. The van der Waals surface area contributed by atoms with E-state index in [0.29, 0.717) is 17.1 Å². The number of nitrogens with two attached hydrogens (primary N) is 1. The molecule has 0 unspecified atom stereocenters. The number of H-pyrrole nitrogens is 1. The van der Waals surface area contributed by atoms with Gasteiger partial charge in [-0.05, 0) is 22.6 Å². The highest BCUT2D eigenvalue weighted by Crippen LogP contribution is 2.19. The standard InChI is InChI=1S/C8H7N5O2/c9-8(14)15-6-3-1-2-5(4-6)7-10-12-13-11-7/h1-4H,(H2,9,14)(H,10,11,12,13). The number of tetrazole rings is 1. The molecule has 1 heterocycles. The van der Waals surface area contributed by atoms with Crippen LogP contribution in [0.1, 0.15) is 0 Å². The van der Waals surface area contributed by atoms with Gasteiger partial charge in [0.1, 0.15) is 5.75 Å². The van der Waals surface area contributed by atoms with Crippen molar-refractivity contribution in [1.29, 1.82) is 0 Å². The van der Waals surface area contributed by atoms with Crippen molar-refractivity contribution in [3.05, 3.63) is 24.3 Å². The van der Waals surface area contributed by atoms with E-state index < -0.39 is 6.09 Å². The number of primary amides is 1. The number of rotatable bonds is 2. The number of amides is 1. The number of ether oxygens (including phenoxy) is 1. The number of hydrogen-bond donors (Lipinski definition) is 2. The van der Waals surface area contributed by atoms with Crippen molar-refractivity contribution in [3.8, 4) is 17.1 Å². The van der Waals surface area contributed by atoms with Crippen LogP contribution in [0.5, 0.6) is 5.75 Å². The molecule has 0 aliphatic carbocycles. The van der Waals surface area contributed by atoms with Gasteiger partial charge in [-0.25, -0.2) is 9.89 Å². The maximum atomic E-state index is 10.5. The number of nitrogens with zero attached hydrogens (tertiary/aromatic N) is 3. The lowest BCUT2D eigenvalue weighted by molar-refractivity contribution is 0.211. The van der Waals surface area contributed by atoms with Crippen LogP contribution in [0.25, 0.3) is 11.4 Å². The number of carbonyl (C=O) groups excluding carboxylic acids is 1. The number of aromatic nitrogens is 4. The van der Waals surface area contributed by atoms with E-state index in [9.17, 15) is 4.79 Å². The molecule has 15 heavy (non-hydrogen) atoms. The number of nitrogens with one attached hydrogen (secondary N) is 1. The van der Waals surface area contributed by atoms with Gasteiger partial charge in [0.25, 0.3) is 0 Å². The molecule has 2 aromatic rings. The third-order valence-electron chi connectivity index (χ3n) is 1.67. The minimum Gasteiger partial charge on any atom is -0.410 e. The first kappa shape index (κ1) is 9.13. The molecule has 0 fully saturated rings. The molecule has 7 heteroatoms. The Kier molecular flexibility index (Phi) is 2.28. The van der Waals surface area contributed by atoms with E-state index in [0.717, 1.165) is 0 Å². The monoisotopic (exact) mass is 205 g/mol. The Morgan fingerprint density at radius 3 is 3.00 bits per heavy atom. The van der Waals surface area contributed by atoms with Crippen molar-refractivity contribution < 1.29 is 9.53 Å². The fourth-order valence-electron chi connectivity index (χ4n) is 1.10. The molecule has 1 aromatic carbocycles. The van der Waals surface area contributed by atoms with Crippen molar-refractivity contribution in [2.24, 2.45) is 5.73 Å². The predicted octanol–water partition coefficient (Wildman–Crippen LogP) is 0.324. The number of aromatic amines is 1. The maximum Gasteiger partial charge on any atom is 0.409 e. The van der Waals surface area contributed by atoms with Crippen LogP contribution in [0.2, 0.25) is 0 Å². The molecular formula is C8H7N5O2. The summed E-state index contributed by atoms with van der Waals surface area (Å²) in [6.45, 7) is 0. The van der Waals surface area contributed by atoms with Gasteiger partial charge in [0.05, 0.1) is 0 Å². The molecule has 0 atom stereocenters. The van der Waals surface area contributed by atoms with E-state index in [4.69, 9.17) is 10.5 Å². The fourth-order valence-corrected chi connectivity index (χ4v) is 1.10. The van der Waals surface area contributed by atoms with Crippen molar-refractivity contribution in [1.82, 2.24) is 20.6 Å². The molecule has 3 N–H and O–H groups in total. The quantitative estimate of drug-likeness (QED) is 0.734. The van der Waals surface area contributed by atoms with Crippen LogP contribution in [0, 0.1) is 0 Å². The highest BCUT2D eigenvalue weighted by molar-refractivity contribution is 5.69. The van der Waals surface area contributed by atoms with Gasteiger partial charge in [-0.15, -0.1) is 5.10 Å². The average molecular weight is 205 g/mol. The lowest BCUT2D eigenvalue weighted by atomic mass is 10.2. The molecule has 0 bridgehead atoms. The van der Waals surface area contributed by atoms with Crippen LogP contribution < -0.4 is 10.5 Å². The summed E-state index contributed by atoms with van der Waals surface area (Å²) >= 11 is 0. The molecule has 1 aromatic heterocycles. The maximum absolute atomic E-state index is 10.5. The van der Waals surface area contributed by atoms with Crippen LogP contribution in [0.4, 0.5) is 4.79 Å². The van der Waals surface area contributed by atoms with Crippen molar-refractivity contribution >= 4 is 6.09 Å². The van der Waals surface area contributed by atoms with Gasteiger partial charge in [-0.1, -0.05) is 12.1 Å². The summed E-state index contributed by atoms with van der Waals surface area (Å²) < 4.78 is 4.71. The third-order valence-corrected chi connectivity index (χ3v) is 1.67. The van der Waals surface area contributed by atoms with Gasteiger partial charge >= 0.3 is 6.09 Å². The Hall–Kier alpha value is -2.44. The lowest BCUT2D eigenvalue weighted by Crippen LogP contribution is -2.16. The Labute approximate surface area is 84.2 Å². The van der Waals surface area contributed by atoms with Gasteiger partial charge in [0.2, 0.25) is 0 Å². The van der Waals surface area contributed by atoms with Crippen LogP contribution in [-0.4, -0.2) is 26.7 Å².